The SMILES string of the molecule is CCCCCCc1ccc(Nc2nnc(-c3ccccc3)c(-c3ccccc3)n2)cc1. The van der Waals surface area contributed by atoms with Crippen LogP contribution in [-0.4, -0.2) is 15.2 Å². The molecule has 0 saturated carbocycles. The van der Waals surface area contributed by atoms with Crippen molar-refractivity contribution in [2.75, 3.05) is 5.32 Å². The average Bonchev–Trinajstić information content (AvgIpc) is 2.84. The number of aryl methyl sites for hydroxylation is 1. The summed E-state index contributed by atoms with van der Waals surface area (Å²) in [5.41, 5.74) is 5.94. The summed E-state index contributed by atoms with van der Waals surface area (Å²) in [4.78, 5) is 4.82. The zero-order valence-electron chi connectivity index (χ0n) is 18.0. The Morgan fingerprint density at radius 2 is 1.29 bits per heavy atom. The van der Waals surface area contributed by atoms with Gasteiger partial charge in [0.25, 0.3) is 0 Å². The molecular weight excluding hydrogens is 380 g/mol. The van der Waals surface area contributed by atoms with Gasteiger partial charge in [-0.15, -0.1) is 10.2 Å². The summed E-state index contributed by atoms with van der Waals surface area (Å²) in [7, 11) is 0. The van der Waals surface area contributed by atoms with Crippen molar-refractivity contribution in [1.82, 2.24) is 15.2 Å². The monoisotopic (exact) mass is 408 g/mol. The van der Waals surface area contributed by atoms with Crippen LogP contribution >= 0.6 is 0 Å². The third-order valence-corrected chi connectivity index (χ3v) is 5.31. The van der Waals surface area contributed by atoms with Crippen LogP contribution in [0.2, 0.25) is 0 Å². The normalized spacial score (nSPS) is 10.7. The van der Waals surface area contributed by atoms with E-state index in [0.29, 0.717) is 5.95 Å². The van der Waals surface area contributed by atoms with Crippen LogP contribution < -0.4 is 5.32 Å². The Hall–Kier alpha value is -3.53. The fourth-order valence-corrected chi connectivity index (χ4v) is 3.61. The lowest BCUT2D eigenvalue weighted by atomic mass is 10.0. The molecule has 4 heteroatoms. The van der Waals surface area contributed by atoms with E-state index in [-0.39, 0.29) is 0 Å². The van der Waals surface area contributed by atoms with E-state index in [0.717, 1.165) is 34.6 Å². The lowest BCUT2D eigenvalue weighted by Gasteiger charge is -2.11. The lowest BCUT2D eigenvalue weighted by molar-refractivity contribution is 0.667. The number of nitrogens with zero attached hydrogens (tertiary/aromatic N) is 3. The van der Waals surface area contributed by atoms with Crippen LogP contribution in [0, 0.1) is 0 Å². The summed E-state index contributed by atoms with van der Waals surface area (Å²) in [6.07, 6.45) is 6.25. The van der Waals surface area contributed by atoms with E-state index >= 15 is 0 Å². The van der Waals surface area contributed by atoms with Crippen molar-refractivity contribution in [2.45, 2.75) is 39.0 Å². The molecule has 1 aromatic heterocycles. The molecule has 0 aliphatic carbocycles. The molecule has 0 aliphatic heterocycles. The minimum Gasteiger partial charge on any atom is -0.323 e. The van der Waals surface area contributed by atoms with E-state index in [2.05, 4.69) is 46.7 Å². The number of aromatic nitrogens is 3. The summed E-state index contributed by atoms with van der Waals surface area (Å²) in [6.45, 7) is 2.24. The van der Waals surface area contributed by atoms with Gasteiger partial charge in [0.1, 0.15) is 11.4 Å². The van der Waals surface area contributed by atoms with Crippen molar-refractivity contribution in [2.24, 2.45) is 0 Å². The van der Waals surface area contributed by atoms with E-state index in [1.165, 1.54) is 31.2 Å². The van der Waals surface area contributed by atoms with Gasteiger partial charge < -0.3 is 5.32 Å². The Morgan fingerprint density at radius 3 is 1.94 bits per heavy atom. The van der Waals surface area contributed by atoms with Gasteiger partial charge in [0.05, 0.1) is 0 Å². The highest BCUT2D eigenvalue weighted by Crippen LogP contribution is 2.29. The van der Waals surface area contributed by atoms with Gasteiger partial charge >= 0.3 is 0 Å². The van der Waals surface area contributed by atoms with Crippen molar-refractivity contribution >= 4 is 11.6 Å². The van der Waals surface area contributed by atoms with E-state index in [1.54, 1.807) is 0 Å². The molecule has 0 saturated heterocycles. The van der Waals surface area contributed by atoms with E-state index < -0.39 is 0 Å². The molecule has 0 spiro atoms. The molecule has 1 N–H and O–H groups in total. The second-order valence-electron chi connectivity index (χ2n) is 7.70. The molecule has 0 aliphatic rings. The topological polar surface area (TPSA) is 50.7 Å². The number of rotatable bonds is 9. The van der Waals surface area contributed by atoms with E-state index in [1.807, 2.05) is 60.7 Å². The van der Waals surface area contributed by atoms with Crippen LogP contribution in [0.15, 0.2) is 84.9 Å². The smallest absolute Gasteiger partial charge is 0.247 e. The largest absolute Gasteiger partial charge is 0.323 e. The highest BCUT2D eigenvalue weighted by atomic mass is 15.2. The van der Waals surface area contributed by atoms with Crippen LogP contribution in [-0.2, 0) is 6.42 Å². The maximum absolute atomic E-state index is 4.82. The fraction of sp³-hybridized carbons (Fsp3) is 0.222. The van der Waals surface area contributed by atoms with Gasteiger partial charge in [0.15, 0.2) is 0 Å². The van der Waals surface area contributed by atoms with Gasteiger partial charge in [-0.25, -0.2) is 4.98 Å². The van der Waals surface area contributed by atoms with Crippen molar-refractivity contribution in [1.29, 1.82) is 0 Å². The van der Waals surface area contributed by atoms with Crippen LogP contribution in [0.25, 0.3) is 22.5 Å². The predicted molar refractivity (Wildman–Crippen MR) is 128 cm³/mol. The molecule has 0 fully saturated rings. The second-order valence-corrected chi connectivity index (χ2v) is 7.70. The quantitative estimate of drug-likeness (QED) is 0.301. The Morgan fingerprint density at radius 1 is 0.645 bits per heavy atom. The van der Waals surface area contributed by atoms with Crippen molar-refractivity contribution in [3.63, 3.8) is 0 Å². The van der Waals surface area contributed by atoms with Crippen LogP contribution in [0.3, 0.4) is 0 Å². The molecule has 0 atom stereocenters. The van der Waals surface area contributed by atoms with Gasteiger partial charge in [0.2, 0.25) is 5.95 Å². The number of nitrogens with one attached hydrogen (secondary N) is 1. The Kier molecular flexibility index (Phi) is 7.01. The van der Waals surface area contributed by atoms with Crippen molar-refractivity contribution < 1.29 is 0 Å². The standard InChI is InChI=1S/C27H28N4/c1-2-3-4-7-12-21-17-19-24(20-18-21)28-27-29-25(22-13-8-5-9-14-22)26(30-31-27)23-15-10-6-11-16-23/h5-6,8-11,13-20H,2-4,7,12H2,1H3,(H,28,29,31). The highest BCUT2D eigenvalue weighted by molar-refractivity contribution is 5.78. The van der Waals surface area contributed by atoms with Crippen LogP contribution in [0.1, 0.15) is 38.2 Å². The number of anilines is 2. The number of hydrogen-bond acceptors (Lipinski definition) is 4. The maximum atomic E-state index is 4.82. The number of unbranched alkanes of at least 4 members (excludes halogenated alkanes) is 3. The summed E-state index contributed by atoms with van der Waals surface area (Å²) in [6, 6.07) is 28.7. The molecule has 0 radical (unpaired) electrons. The second kappa shape index (κ2) is 10.5. The zero-order chi connectivity index (χ0) is 21.3. The number of hydrogen-bond donors (Lipinski definition) is 1. The fourth-order valence-electron chi connectivity index (χ4n) is 3.61. The van der Waals surface area contributed by atoms with E-state index in [9.17, 15) is 0 Å². The van der Waals surface area contributed by atoms with Crippen LogP contribution in [0.4, 0.5) is 11.6 Å². The van der Waals surface area contributed by atoms with Gasteiger partial charge in [0, 0.05) is 16.8 Å². The molecule has 4 nitrogen and oxygen atoms in total. The molecule has 156 valence electrons. The summed E-state index contributed by atoms with van der Waals surface area (Å²) in [5, 5.41) is 12.2. The molecule has 4 aromatic rings. The molecular formula is C27H28N4. The summed E-state index contributed by atoms with van der Waals surface area (Å²) >= 11 is 0. The lowest BCUT2D eigenvalue weighted by Crippen LogP contribution is -2.03. The molecule has 0 unspecified atom stereocenters. The predicted octanol–water partition coefficient (Wildman–Crippen LogP) is 7.07. The maximum Gasteiger partial charge on any atom is 0.247 e. The molecule has 0 bridgehead atoms. The Balaban J connectivity index is 1.55. The summed E-state index contributed by atoms with van der Waals surface area (Å²) < 4.78 is 0. The van der Waals surface area contributed by atoms with Crippen molar-refractivity contribution in [3.8, 4) is 22.5 Å². The van der Waals surface area contributed by atoms with Gasteiger partial charge in [-0.1, -0.05) is 99.0 Å². The molecule has 3 aromatic carbocycles. The third-order valence-electron chi connectivity index (χ3n) is 5.31. The Labute approximate surface area is 184 Å². The first-order chi connectivity index (χ1) is 15.3. The van der Waals surface area contributed by atoms with Crippen molar-refractivity contribution in [3.05, 3.63) is 90.5 Å². The van der Waals surface area contributed by atoms with Gasteiger partial charge in [-0.3, -0.25) is 0 Å². The minimum atomic E-state index is 0.495. The molecule has 1 heterocycles. The average molecular weight is 409 g/mol. The van der Waals surface area contributed by atoms with Gasteiger partial charge in [-0.05, 0) is 30.5 Å². The first-order valence-electron chi connectivity index (χ1n) is 11.0. The molecule has 31 heavy (non-hydrogen) atoms. The van der Waals surface area contributed by atoms with Crippen LogP contribution in [0.5, 0.6) is 0 Å². The third kappa shape index (κ3) is 5.54. The Bertz CT molecular complexity index is 1080. The first kappa shape index (κ1) is 20.7. The minimum absolute atomic E-state index is 0.495. The summed E-state index contributed by atoms with van der Waals surface area (Å²) in [5.74, 6) is 0.495. The number of benzene rings is 3. The molecule has 0 amide bonds. The molecule has 4 rings (SSSR count). The van der Waals surface area contributed by atoms with Gasteiger partial charge in [-0.2, -0.15) is 0 Å². The first-order valence-corrected chi connectivity index (χ1v) is 11.0. The van der Waals surface area contributed by atoms with E-state index in [4.69, 9.17) is 4.98 Å². The zero-order valence-corrected chi connectivity index (χ0v) is 18.0. The highest BCUT2D eigenvalue weighted by Gasteiger charge is 2.13.